The van der Waals surface area contributed by atoms with Crippen molar-refractivity contribution < 1.29 is 14.3 Å². The first-order valence-corrected chi connectivity index (χ1v) is 6.97. The van der Waals surface area contributed by atoms with E-state index in [4.69, 9.17) is 9.52 Å². The Morgan fingerprint density at radius 2 is 2.37 bits per heavy atom. The monoisotopic (exact) mass is 278 g/mol. The summed E-state index contributed by atoms with van der Waals surface area (Å²) in [7, 11) is 0. The van der Waals surface area contributed by atoms with Crippen LogP contribution in [0.1, 0.15) is 11.5 Å². The van der Waals surface area contributed by atoms with Crippen LogP contribution < -0.4 is 0 Å². The molecule has 0 spiro atoms. The van der Waals surface area contributed by atoms with E-state index in [1.807, 2.05) is 24.4 Å². The number of carbonyl (C=O) groups excluding carboxylic acids is 1. The van der Waals surface area contributed by atoms with Gasteiger partial charge in [0.25, 0.3) is 0 Å². The maximum Gasteiger partial charge on any atom is 0.228 e. The number of carbonyl (C=O) groups is 1. The highest BCUT2D eigenvalue weighted by Crippen LogP contribution is 2.26. The number of aromatic nitrogens is 1. The highest BCUT2D eigenvalue weighted by molar-refractivity contribution is 7.13. The minimum absolute atomic E-state index is 0.0118. The average molecular weight is 278 g/mol. The molecule has 5 nitrogen and oxygen atoms in total. The number of amides is 1. The van der Waals surface area contributed by atoms with E-state index in [-0.39, 0.29) is 18.4 Å². The van der Waals surface area contributed by atoms with Gasteiger partial charge in [0.15, 0.2) is 10.8 Å². The largest absolute Gasteiger partial charge is 0.459 e. The molecule has 3 rings (SSSR count). The SMILES string of the molecule is Cc1ccc(-c2nc(CC(=O)N3CC(O)C3)cs2)o1. The van der Waals surface area contributed by atoms with Crippen LogP contribution in [0.25, 0.3) is 10.8 Å². The summed E-state index contributed by atoms with van der Waals surface area (Å²) in [5.74, 6) is 1.59. The van der Waals surface area contributed by atoms with Crippen LogP contribution >= 0.6 is 11.3 Å². The van der Waals surface area contributed by atoms with Crippen molar-refractivity contribution in [2.45, 2.75) is 19.4 Å². The van der Waals surface area contributed by atoms with Gasteiger partial charge in [0, 0.05) is 18.5 Å². The normalized spacial score (nSPS) is 15.6. The third-order valence-electron chi connectivity index (χ3n) is 3.05. The summed E-state index contributed by atoms with van der Waals surface area (Å²) in [4.78, 5) is 17.9. The number of β-amino-alcohol motifs (C(OH)–C–C–N with tert-alkyl or cyclic N) is 1. The van der Waals surface area contributed by atoms with E-state index in [0.717, 1.165) is 22.2 Å². The highest BCUT2D eigenvalue weighted by atomic mass is 32.1. The van der Waals surface area contributed by atoms with Crippen molar-refractivity contribution in [1.82, 2.24) is 9.88 Å². The minimum Gasteiger partial charge on any atom is -0.459 e. The zero-order valence-electron chi connectivity index (χ0n) is 10.5. The fourth-order valence-corrected chi connectivity index (χ4v) is 2.76. The van der Waals surface area contributed by atoms with Gasteiger partial charge in [-0.05, 0) is 19.1 Å². The summed E-state index contributed by atoms with van der Waals surface area (Å²) >= 11 is 1.47. The van der Waals surface area contributed by atoms with Gasteiger partial charge in [-0.2, -0.15) is 0 Å². The van der Waals surface area contributed by atoms with E-state index >= 15 is 0 Å². The zero-order valence-corrected chi connectivity index (χ0v) is 11.3. The first-order valence-electron chi connectivity index (χ1n) is 6.09. The standard InChI is InChI=1S/C13H14N2O3S/c1-8-2-3-11(18-8)13-14-9(7-19-13)4-12(17)15-5-10(16)6-15/h2-3,7,10,16H,4-6H2,1H3. The van der Waals surface area contributed by atoms with Crippen LogP contribution in [-0.2, 0) is 11.2 Å². The van der Waals surface area contributed by atoms with Crippen molar-refractivity contribution in [2.24, 2.45) is 0 Å². The lowest BCUT2D eigenvalue weighted by Gasteiger charge is -2.35. The second-order valence-corrected chi connectivity index (χ2v) is 5.54. The number of thiazole rings is 1. The second kappa shape index (κ2) is 4.79. The van der Waals surface area contributed by atoms with E-state index in [9.17, 15) is 4.79 Å². The Morgan fingerprint density at radius 3 is 3.00 bits per heavy atom. The quantitative estimate of drug-likeness (QED) is 0.923. The fraction of sp³-hybridized carbons (Fsp3) is 0.385. The van der Waals surface area contributed by atoms with E-state index in [1.165, 1.54) is 11.3 Å². The van der Waals surface area contributed by atoms with Gasteiger partial charge in [0.2, 0.25) is 5.91 Å². The number of hydrogen-bond donors (Lipinski definition) is 1. The summed E-state index contributed by atoms with van der Waals surface area (Å²) in [6, 6.07) is 3.77. The lowest BCUT2D eigenvalue weighted by Crippen LogP contribution is -2.53. The predicted octanol–water partition coefficient (Wildman–Crippen LogP) is 1.46. The van der Waals surface area contributed by atoms with E-state index < -0.39 is 0 Å². The predicted molar refractivity (Wildman–Crippen MR) is 70.8 cm³/mol. The summed E-state index contributed by atoms with van der Waals surface area (Å²) < 4.78 is 5.50. The van der Waals surface area contributed by atoms with Crippen LogP contribution in [-0.4, -0.2) is 40.1 Å². The maximum atomic E-state index is 11.8. The molecular formula is C13H14N2O3S. The van der Waals surface area contributed by atoms with Crippen molar-refractivity contribution in [3.63, 3.8) is 0 Å². The topological polar surface area (TPSA) is 66.6 Å². The molecule has 0 radical (unpaired) electrons. The Hall–Kier alpha value is -1.66. The van der Waals surface area contributed by atoms with E-state index in [1.54, 1.807) is 4.90 Å². The van der Waals surface area contributed by atoms with Gasteiger partial charge in [0.05, 0.1) is 18.2 Å². The van der Waals surface area contributed by atoms with E-state index in [2.05, 4.69) is 4.98 Å². The van der Waals surface area contributed by atoms with Crippen molar-refractivity contribution in [3.05, 3.63) is 29.0 Å². The van der Waals surface area contributed by atoms with Crippen molar-refractivity contribution in [1.29, 1.82) is 0 Å². The molecule has 100 valence electrons. The molecule has 1 fully saturated rings. The second-order valence-electron chi connectivity index (χ2n) is 4.68. The molecule has 0 unspecified atom stereocenters. The molecule has 1 N–H and O–H groups in total. The summed E-state index contributed by atoms with van der Waals surface area (Å²) in [5.41, 5.74) is 0.750. The summed E-state index contributed by atoms with van der Waals surface area (Å²) in [6.45, 7) is 2.76. The number of likely N-dealkylation sites (tertiary alicyclic amines) is 1. The summed E-state index contributed by atoms with van der Waals surface area (Å²) in [5, 5.41) is 11.8. The molecule has 0 aliphatic carbocycles. The first-order chi connectivity index (χ1) is 9.11. The van der Waals surface area contributed by atoms with E-state index in [0.29, 0.717) is 13.1 Å². The average Bonchev–Trinajstić information content (AvgIpc) is 2.93. The van der Waals surface area contributed by atoms with Gasteiger partial charge < -0.3 is 14.4 Å². The van der Waals surface area contributed by atoms with Crippen molar-refractivity contribution >= 4 is 17.2 Å². The van der Waals surface area contributed by atoms with Gasteiger partial charge in [-0.3, -0.25) is 4.79 Å². The van der Waals surface area contributed by atoms with Gasteiger partial charge in [-0.15, -0.1) is 11.3 Å². The highest BCUT2D eigenvalue weighted by Gasteiger charge is 2.28. The molecule has 6 heteroatoms. The molecule has 0 bridgehead atoms. The Morgan fingerprint density at radius 1 is 1.58 bits per heavy atom. The number of hydrogen-bond acceptors (Lipinski definition) is 5. The molecular weight excluding hydrogens is 264 g/mol. The minimum atomic E-state index is -0.360. The molecule has 3 heterocycles. The molecule has 0 aromatic carbocycles. The Kier molecular flexibility index (Phi) is 3.12. The van der Waals surface area contributed by atoms with Gasteiger partial charge in [-0.1, -0.05) is 0 Å². The number of furan rings is 1. The van der Waals surface area contributed by atoms with Gasteiger partial charge >= 0.3 is 0 Å². The third-order valence-corrected chi connectivity index (χ3v) is 3.96. The summed E-state index contributed by atoms with van der Waals surface area (Å²) in [6.07, 6.45) is -0.0795. The van der Waals surface area contributed by atoms with Gasteiger partial charge in [0.1, 0.15) is 5.76 Å². The zero-order chi connectivity index (χ0) is 13.4. The van der Waals surface area contributed by atoms with Crippen LogP contribution in [0, 0.1) is 6.92 Å². The number of rotatable bonds is 3. The third kappa shape index (κ3) is 2.54. The molecule has 0 atom stereocenters. The maximum absolute atomic E-state index is 11.8. The van der Waals surface area contributed by atoms with Crippen molar-refractivity contribution in [2.75, 3.05) is 13.1 Å². The lowest BCUT2D eigenvalue weighted by atomic mass is 10.1. The molecule has 2 aromatic heterocycles. The fourth-order valence-electron chi connectivity index (χ4n) is 1.98. The van der Waals surface area contributed by atoms with Crippen LogP contribution in [0.5, 0.6) is 0 Å². The number of nitrogens with zero attached hydrogens (tertiary/aromatic N) is 2. The molecule has 19 heavy (non-hydrogen) atoms. The number of aliphatic hydroxyl groups is 1. The Labute approximate surface area is 114 Å². The van der Waals surface area contributed by atoms with Crippen molar-refractivity contribution in [3.8, 4) is 10.8 Å². The van der Waals surface area contributed by atoms with Crippen LogP contribution in [0.15, 0.2) is 21.9 Å². The Balaban J connectivity index is 1.66. The van der Waals surface area contributed by atoms with Crippen LogP contribution in [0.2, 0.25) is 0 Å². The smallest absolute Gasteiger partial charge is 0.228 e. The van der Waals surface area contributed by atoms with Crippen LogP contribution in [0.4, 0.5) is 0 Å². The van der Waals surface area contributed by atoms with Crippen LogP contribution in [0.3, 0.4) is 0 Å². The molecule has 1 aliphatic heterocycles. The molecule has 0 saturated carbocycles. The molecule has 1 saturated heterocycles. The lowest BCUT2D eigenvalue weighted by molar-refractivity contribution is -0.140. The molecule has 1 aliphatic rings. The Bertz CT molecular complexity index is 599. The molecule has 2 aromatic rings. The molecule has 1 amide bonds. The first kappa shape index (κ1) is 12.4. The van der Waals surface area contributed by atoms with Gasteiger partial charge in [-0.25, -0.2) is 4.98 Å². The number of aryl methyl sites for hydroxylation is 1. The number of aliphatic hydroxyl groups excluding tert-OH is 1.